The Hall–Kier alpha value is -2.13. The van der Waals surface area contributed by atoms with Crippen molar-refractivity contribution in [1.29, 1.82) is 0 Å². The molecule has 2 N–H and O–H groups in total. The molecule has 0 radical (unpaired) electrons. The molecule has 7 nitrogen and oxygen atoms in total. The molecule has 0 aliphatic carbocycles. The van der Waals surface area contributed by atoms with E-state index in [2.05, 4.69) is 47.4 Å². The highest BCUT2D eigenvalue weighted by Crippen LogP contribution is 2.27. The lowest BCUT2D eigenvalue weighted by atomic mass is 10.3. The van der Waals surface area contributed by atoms with Crippen LogP contribution in [0.3, 0.4) is 0 Å². The van der Waals surface area contributed by atoms with E-state index in [4.69, 9.17) is 15.2 Å². The SMILES string of the molecule is COc1ccc(-n2cnnn2)cc1Br.COc1ccc(N)cc1Br. The largest absolute Gasteiger partial charge is 0.496 e. The molecule has 1 aromatic heterocycles. The second-order valence-corrected chi connectivity index (χ2v) is 6.18. The lowest BCUT2D eigenvalue weighted by Crippen LogP contribution is -1.95. The van der Waals surface area contributed by atoms with Crippen LogP contribution in [0.1, 0.15) is 0 Å². The van der Waals surface area contributed by atoms with Crippen LogP contribution in [0.4, 0.5) is 5.69 Å². The molecule has 0 saturated carbocycles. The van der Waals surface area contributed by atoms with Gasteiger partial charge < -0.3 is 15.2 Å². The number of nitrogen functional groups attached to an aromatic ring is 1. The van der Waals surface area contributed by atoms with Crippen LogP contribution in [0.5, 0.6) is 11.5 Å². The van der Waals surface area contributed by atoms with Crippen molar-refractivity contribution in [3.05, 3.63) is 51.7 Å². The van der Waals surface area contributed by atoms with Gasteiger partial charge in [0, 0.05) is 5.69 Å². The molecule has 1 heterocycles. The molecule has 9 heteroatoms. The minimum atomic E-state index is 0.729. The lowest BCUT2D eigenvalue weighted by Gasteiger charge is -2.04. The third-order valence-corrected chi connectivity index (χ3v) is 4.16. The predicted molar refractivity (Wildman–Crippen MR) is 98.5 cm³/mol. The molecule has 0 unspecified atom stereocenters. The van der Waals surface area contributed by atoms with Crippen molar-refractivity contribution in [2.24, 2.45) is 0 Å². The summed E-state index contributed by atoms with van der Waals surface area (Å²) in [5.41, 5.74) is 7.10. The second kappa shape index (κ2) is 8.65. The number of hydrogen-bond acceptors (Lipinski definition) is 6. The molecule has 3 aromatic rings. The normalized spacial score (nSPS) is 9.83. The van der Waals surface area contributed by atoms with E-state index in [1.807, 2.05) is 24.3 Å². The number of anilines is 1. The molecule has 0 fully saturated rings. The van der Waals surface area contributed by atoms with Gasteiger partial charge in [0.2, 0.25) is 0 Å². The molecule has 0 bridgehead atoms. The fraction of sp³-hybridized carbons (Fsp3) is 0.133. The standard InChI is InChI=1S/C8H7BrN4O.C7H8BrNO/c1-14-8-3-2-6(4-7(8)9)13-5-10-11-12-13;1-10-7-3-2-5(9)4-6(7)8/h2-5H,1H3;2-4H,9H2,1H3. The number of benzene rings is 2. The molecule has 24 heavy (non-hydrogen) atoms. The van der Waals surface area contributed by atoms with Crippen molar-refractivity contribution in [3.63, 3.8) is 0 Å². The summed E-state index contributed by atoms with van der Waals surface area (Å²) >= 11 is 6.69. The number of halogens is 2. The van der Waals surface area contributed by atoms with Crippen LogP contribution < -0.4 is 15.2 Å². The van der Waals surface area contributed by atoms with Gasteiger partial charge in [0.15, 0.2) is 0 Å². The van der Waals surface area contributed by atoms with E-state index >= 15 is 0 Å². The van der Waals surface area contributed by atoms with Gasteiger partial charge in [-0.25, -0.2) is 4.68 Å². The first-order valence-electron chi connectivity index (χ1n) is 6.71. The summed E-state index contributed by atoms with van der Waals surface area (Å²) in [7, 11) is 3.24. The van der Waals surface area contributed by atoms with Gasteiger partial charge in [0.05, 0.1) is 28.9 Å². The molecule has 3 rings (SSSR count). The molecule has 0 atom stereocenters. The van der Waals surface area contributed by atoms with Crippen molar-refractivity contribution >= 4 is 37.5 Å². The summed E-state index contributed by atoms with van der Waals surface area (Å²) < 4.78 is 13.4. The lowest BCUT2D eigenvalue weighted by molar-refractivity contribution is 0.412. The maximum Gasteiger partial charge on any atom is 0.143 e. The molecular formula is C15H15Br2N5O2. The number of ether oxygens (including phenoxy) is 2. The molecule has 126 valence electrons. The van der Waals surface area contributed by atoms with Crippen molar-refractivity contribution in [1.82, 2.24) is 20.2 Å². The Morgan fingerprint density at radius 3 is 2.08 bits per heavy atom. The summed E-state index contributed by atoms with van der Waals surface area (Å²) in [6.45, 7) is 0. The van der Waals surface area contributed by atoms with E-state index < -0.39 is 0 Å². The third-order valence-electron chi connectivity index (χ3n) is 2.92. The van der Waals surface area contributed by atoms with Gasteiger partial charge in [-0.05, 0) is 78.7 Å². The molecule has 2 aromatic carbocycles. The van der Waals surface area contributed by atoms with E-state index in [0.717, 1.165) is 31.8 Å². The first-order valence-corrected chi connectivity index (χ1v) is 8.29. The maximum atomic E-state index is 5.50. The Kier molecular flexibility index (Phi) is 6.56. The Morgan fingerprint density at radius 1 is 0.958 bits per heavy atom. The second-order valence-electron chi connectivity index (χ2n) is 4.47. The molecule has 0 spiro atoms. The predicted octanol–water partition coefficient (Wildman–Crippen LogP) is 3.47. The topological polar surface area (TPSA) is 88.1 Å². The number of aromatic nitrogens is 4. The van der Waals surface area contributed by atoms with Crippen molar-refractivity contribution in [2.45, 2.75) is 0 Å². The number of methoxy groups -OCH3 is 2. The zero-order chi connectivity index (χ0) is 17.5. The van der Waals surface area contributed by atoms with E-state index in [9.17, 15) is 0 Å². The molecule has 0 amide bonds. The Bertz CT molecular complexity index is 797. The number of rotatable bonds is 3. The van der Waals surface area contributed by atoms with Gasteiger partial charge in [0.25, 0.3) is 0 Å². The molecule has 0 saturated heterocycles. The molecule has 0 aliphatic rings. The number of nitrogens with two attached hydrogens (primary N) is 1. The highest BCUT2D eigenvalue weighted by molar-refractivity contribution is 9.10. The van der Waals surface area contributed by atoms with Crippen LogP contribution in [-0.4, -0.2) is 34.4 Å². The summed E-state index contributed by atoms with van der Waals surface area (Å²) in [5.74, 6) is 1.58. The van der Waals surface area contributed by atoms with Crippen molar-refractivity contribution < 1.29 is 9.47 Å². The van der Waals surface area contributed by atoms with Gasteiger partial charge >= 0.3 is 0 Å². The van der Waals surface area contributed by atoms with Gasteiger partial charge in [-0.3, -0.25) is 0 Å². The van der Waals surface area contributed by atoms with Crippen LogP contribution in [0.25, 0.3) is 5.69 Å². The maximum absolute atomic E-state index is 5.50. The fourth-order valence-electron chi connectivity index (χ4n) is 1.76. The first kappa shape index (κ1) is 18.2. The zero-order valence-electron chi connectivity index (χ0n) is 13.0. The van der Waals surface area contributed by atoms with Gasteiger partial charge in [-0.1, -0.05) is 0 Å². The smallest absolute Gasteiger partial charge is 0.143 e. The van der Waals surface area contributed by atoms with Gasteiger partial charge in [-0.2, -0.15) is 0 Å². The number of tetrazole rings is 1. The fourth-order valence-corrected chi connectivity index (χ4v) is 2.85. The van der Waals surface area contributed by atoms with E-state index in [1.165, 1.54) is 6.33 Å². The highest BCUT2D eigenvalue weighted by Gasteiger charge is 2.03. The number of nitrogens with zero attached hydrogens (tertiary/aromatic N) is 4. The van der Waals surface area contributed by atoms with Crippen LogP contribution >= 0.6 is 31.9 Å². The zero-order valence-corrected chi connectivity index (χ0v) is 16.2. The number of hydrogen-bond donors (Lipinski definition) is 1. The van der Waals surface area contributed by atoms with E-state index in [0.29, 0.717) is 0 Å². The molecule has 0 aliphatic heterocycles. The summed E-state index contributed by atoms with van der Waals surface area (Å²) in [5, 5.41) is 10.9. The summed E-state index contributed by atoms with van der Waals surface area (Å²) in [6.07, 6.45) is 1.54. The summed E-state index contributed by atoms with van der Waals surface area (Å²) in [6, 6.07) is 11.0. The first-order chi connectivity index (χ1) is 11.5. The Morgan fingerprint density at radius 2 is 1.58 bits per heavy atom. The quantitative estimate of drug-likeness (QED) is 0.607. The monoisotopic (exact) mass is 455 g/mol. The molecular weight excluding hydrogens is 442 g/mol. The Labute approximate surface area is 156 Å². The van der Waals surface area contributed by atoms with Crippen molar-refractivity contribution in [2.75, 3.05) is 20.0 Å². The van der Waals surface area contributed by atoms with Crippen molar-refractivity contribution in [3.8, 4) is 17.2 Å². The highest BCUT2D eigenvalue weighted by atomic mass is 79.9. The van der Waals surface area contributed by atoms with E-state index in [1.54, 1.807) is 31.0 Å². The van der Waals surface area contributed by atoms with Gasteiger partial charge in [-0.15, -0.1) is 5.10 Å². The van der Waals surface area contributed by atoms with Crippen LogP contribution in [0.2, 0.25) is 0 Å². The minimum Gasteiger partial charge on any atom is -0.496 e. The Balaban J connectivity index is 0.000000185. The average Bonchev–Trinajstić information content (AvgIpc) is 3.10. The average molecular weight is 457 g/mol. The van der Waals surface area contributed by atoms with Crippen LogP contribution in [0, 0.1) is 0 Å². The van der Waals surface area contributed by atoms with Gasteiger partial charge in [0.1, 0.15) is 17.8 Å². The van der Waals surface area contributed by atoms with Crippen LogP contribution in [-0.2, 0) is 0 Å². The van der Waals surface area contributed by atoms with Crippen LogP contribution in [0.15, 0.2) is 51.7 Å². The van der Waals surface area contributed by atoms with E-state index in [-0.39, 0.29) is 0 Å². The summed E-state index contributed by atoms with van der Waals surface area (Å²) in [4.78, 5) is 0. The minimum absolute atomic E-state index is 0.729. The third kappa shape index (κ3) is 4.68.